The van der Waals surface area contributed by atoms with Crippen LogP contribution in [0.4, 0.5) is 5.13 Å². The minimum atomic E-state index is -3.79. The number of thiazole rings is 1. The van der Waals surface area contributed by atoms with Crippen LogP contribution in [-0.4, -0.2) is 38.6 Å². The number of sulfonamides is 1. The molecule has 28 heavy (non-hydrogen) atoms. The lowest BCUT2D eigenvalue weighted by atomic mass is 10.3. The number of carbonyl (C=O) groups excluding carboxylic acids is 1. The van der Waals surface area contributed by atoms with Crippen LogP contribution in [0.5, 0.6) is 11.5 Å². The maximum atomic E-state index is 12.4. The van der Waals surface area contributed by atoms with E-state index in [4.69, 9.17) is 9.47 Å². The van der Waals surface area contributed by atoms with Crippen LogP contribution < -0.4 is 19.5 Å². The molecule has 1 aliphatic rings. The summed E-state index contributed by atoms with van der Waals surface area (Å²) in [6.45, 7) is 2.44. The first-order valence-electron chi connectivity index (χ1n) is 8.51. The average Bonchev–Trinajstić information content (AvgIpc) is 3.07. The Hall–Kier alpha value is -2.69. The molecular formula is C18H17N3O5S2. The Labute approximate surface area is 165 Å². The van der Waals surface area contributed by atoms with Gasteiger partial charge in [0.05, 0.1) is 21.2 Å². The third-order valence-electron chi connectivity index (χ3n) is 4.06. The van der Waals surface area contributed by atoms with Crippen molar-refractivity contribution in [2.24, 2.45) is 0 Å². The molecule has 2 aromatic carbocycles. The van der Waals surface area contributed by atoms with E-state index in [0.29, 0.717) is 35.4 Å². The number of aromatic nitrogens is 1. The Morgan fingerprint density at radius 3 is 2.54 bits per heavy atom. The summed E-state index contributed by atoms with van der Waals surface area (Å²) in [5.41, 5.74) is 0.669. The fourth-order valence-corrected chi connectivity index (χ4v) is 4.79. The normalized spacial score (nSPS) is 14.6. The number of nitrogens with one attached hydrogen (secondary N) is 2. The van der Waals surface area contributed by atoms with Gasteiger partial charge in [-0.2, -0.15) is 4.72 Å². The first-order chi connectivity index (χ1) is 13.4. The number of nitrogens with zero attached hydrogens (tertiary/aromatic N) is 1. The van der Waals surface area contributed by atoms with Crippen molar-refractivity contribution in [2.45, 2.75) is 17.9 Å². The Balaban J connectivity index is 1.48. The van der Waals surface area contributed by atoms with E-state index in [2.05, 4.69) is 15.0 Å². The fourth-order valence-electron chi connectivity index (χ4n) is 2.69. The van der Waals surface area contributed by atoms with Crippen molar-refractivity contribution in [2.75, 3.05) is 18.5 Å². The van der Waals surface area contributed by atoms with Gasteiger partial charge < -0.3 is 14.8 Å². The third-order valence-corrected chi connectivity index (χ3v) is 6.55. The second kappa shape index (κ2) is 7.38. The Kier molecular flexibility index (Phi) is 4.92. The number of ether oxygens (including phenoxy) is 2. The minimum absolute atomic E-state index is 0.0974. The molecule has 1 aliphatic heterocycles. The van der Waals surface area contributed by atoms with E-state index in [1.54, 1.807) is 24.3 Å². The monoisotopic (exact) mass is 419 g/mol. The maximum Gasteiger partial charge on any atom is 0.244 e. The maximum absolute atomic E-state index is 12.4. The predicted octanol–water partition coefficient (Wildman–Crippen LogP) is 2.37. The van der Waals surface area contributed by atoms with Gasteiger partial charge in [0.1, 0.15) is 13.2 Å². The van der Waals surface area contributed by atoms with Gasteiger partial charge in [-0.3, -0.25) is 4.79 Å². The van der Waals surface area contributed by atoms with Crippen LogP contribution in [0.3, 0.4) is 0 Å². The van der Waals surface area contributed by atoms with Crippen LogP contribution in [0.25, 0.3) is 10.2 Å². The number of rotatable bonds is 5. The highest BCUT2D eigenvalue weighted by atomic mass is 32.2. The molecule has 8 nitrogen and oxygen atoms in total. The smallest absolute Gasteiger partial charge is 0.244 e. The standard InChI is InChI=1S/C18H17N3O5S2/c1-11(21-28(23,24)12-5-3-2-4-6-12)17(22)20-18-19-13-9-14-15(10-16(13)27-18)26-8-7-25-14/h2-6,9-11,21H,7-8H2,1H3,(H,19,20,22)/t11-/m0/s1. The van der Waals surface area contributed by atoms with Gasteiger partial charge >= 0.3 is 0 Å². The van der Waals surface area contributed by atoms with Gasteiger partial charge in [-0.15, -0.1) is 0 Å². The van der Waals surface area contributed by atoms with Gasteiger partial charge in [-0.25, -0.2) is 13.4 Å². The molecule has 1 atom stereocenters. The van der Waals surface area contributed by atoms with Crippen molar-refractivity contribution < 1.29 is 22.7 Å². The van der Waals surface area contributed by atoms with Crippen LogP contribution in [0.2, 0.25) is 0 Å². The summed E-state index contributed by atoms with van der Waals surface area (Å²) in [6, 6.07) is 10.5. The van der Waals surface area contributed by atoms with Gasteiger partial charge in [0.25, 0.3) is 0 Å². The zero-order chi connectivity index (χ0) is 19.7. The lowest BCUT2D eigenvalue weighted by Crippen LogP contribution is -2.41. The molecule has 3 aromatic rings. The molecule has 0 spiro atoms. The molecule has 0 saturated heterocycles. The topological polar surface area (TPSA) is 107 Å². The molecular weight excluding hydrogens is 402 g/mol. The molecule has 10 heteroatoms. The Morgan fingerprint density at radius 1 is 1.14 bits per heavy atom. The van der Waals surface area contributed by atoms with E-state index in [1.165, 1.54) is 30.4 Å². The predicted molar refractivity (Wildman–Crippen MR) is 105 cm³/mol. The number of fused-ring (bicyclic) bond motifs is 2. The molecule has 1 aromatic heterocycles. The molecule has 2 N–H and O–H groups in total. The average molecular weight is 419 g/mol. The molecule has 0 bridgehead atoms. The van der Waals surface area contributed by atoms with E-state index in [9.17, 15) is 13.2 Å². The number of hydrogen-bond donors (Lipinski definition) is 2. The van der Waals surface area contributed by atoms with Gasteiger partial charge in [-0.1, -0.05) is 29.5 Å². The zero-order valence-electron chi connectivity index (χ0n) is 14.8. The van der Waals surface area contributed by atoms with Crippen molar-refractivity contribution >= 4 is 42.6 Å². The molecule has 0 aliphatic carbocycles. The Morgan fingerprint density at radius 2 is 1.82 bits per heavy atom. The number of amides is 1. The van der Waals surface area contributed by atoms with Crippen LogP contribution in [0, 0.1) is 0 Å². The van der Waals surface area contributed by atoms with Crippen molar-refractivity contribution in [1.29, 1.82) is 0 Å². The van der Waals surface area contributed by atoms with Crippen LogP contribution in [0.1, 0.15) is 6.92 Å². The highest BCUT2D eigenvalue weighted by Crippen LogP contribution is 2.37. The third kappa shape index (κ3) is 3.79. The Bertz CT molecular complexity index is 1090. The molecule has 146 valence electrons. The molecule has 0 radical (unpaired) electrons. The van der Waals surface area contributed by atoms with E-state index >= 15 is 0 Å². The highest BCUT2D eigenvalue weighted by molar-refractivity contribution is 7.89. The zero-order valence-corrected chi connectivity index (χ0v) is 16.5. The molecule has 0 saturated carbocycles. The lowest BCUT2D eigenvalue weighted by molar-refractivity contribution is -0.117. The minimum Gasteiger partial charge on any atom is -0.486 e. The molecule has 1 amide bonds. The first kappa shape index (κ1) is 18.7. The highest BCUT2D eigenvalue weighted by Gasteiger charge is 2.23. The quantitative estimate of drug-likeness (QED) is 0.658. The van der Waals surface area contributed by atoms with E-state index in [-0.39, 0.29) is 4.90 Å². The molecule has 0 unspecified atom stereocenters. The van der Waals surface area contributed by atoms with Crippen LogP contribution >= 0.6 is 11.3 Å². The summed E-state index contributed by atoms with van der Waals surface area (Å²) in [6.07, 6.45) is 0. The van der Waals surface area contributed by atoms with Crippen molar-refractivity contribution in [3.05, 3.63) is 42.5 Å². The molecule has 0 fully saturated rings. The van der Waals surface area contributed by atoms with Crippen molar-refractivity contribution in [3.8, 4) is 11.5 Å². The summed E-state index contributed by atoms with van der Waals surface area (Å²) in [5, 5.41) is 3.02. The number of hydrogen-bond acceptors (Lipinski definition) is 7. The number of carbonyl (C=O) groups is 1. The second-order valence-corrected chi connectivity index (χ2v) is 8.87. The second-order valence-electron chi connectivity index (χ2n) is 6.13. The fraction of sp³-hybridized carbons (Fsp3) is 0.222. The van der Waals surface area contributed by atoms with Crippen molar-refractivity contribution in [1.82, 2.24) is 9.71 Å². The van der Waals surface area contributed by atoms with Crippen LogP contribution in [-0.2, 0) is 14.8 Å². The number of anilines is 1. The van der Waals surface area contributed by atoms with Crippen LogP contribution in [0.15, 0.2) is 47.4 Å². The summed E-state index contributed by atoms with van der Waals surface area (Å²) in [4.78, 5) is 16.9. The largest absolute Gasteiger partial charge is 0.486 e. The van der Waals surface area contributed by atoms with E-state index in [1.807, 2.05) is 6.07 Å². The number of benzene rings is 2. The van der Waals surface area contributed by atoms with Gasteiger partial charge in [-0.05, 0) is 19.1 Å². The molecule has 4 rings (SSSR count). The summed E-state index contributed by atoms with van der Waals surface area (Å²) < 4.78 is 39.0. The van der Waals surface area contributed by atoms with E-state index in [0.717, 1.165) is 4.70 Å². The lowest BCUT2D eigenvalue weighted by Gasteiger charge is -2.17. The van der Waals surface area contributed by atoms with Gasteiger partial charge in [0, 0.05) is 12.1 Å². The first-order valence-corrected chi connectivity index (χ1v) is 10.8. The van der Waals surface area contributed by atoms with Gasteiger partial charge in [0.15, 0.2) is 16.6 Å². The van der Waals surface area contributed by atoms with Gasteiger partial charge in [0.2, 0.25) is 15.9 Å². The summed E-state index contributed by atoms with van der Waals surface area (Å²) in [5.74, 6) is 0.756. The SMILES string of the molecule is C[C@H](NS(=O)(=O)c1ccccc1)C(=O)Nc1nc2cc3c(cc2s1)OCCO3. The van der Waals surface area contributed by atoms with E-state index < -0.39 is 22.0 Å². The summed E-state index contributed by atoms with van der Waals surface area (Å²) in [7, 11) is -3.79. The summed E-state index contributed by atoms with van der Waals surface area (Å²) >= 11 is 1.27. The van der Waals surface area contributed by atoms with Crippen molar-refractivity contribution in [3.63, 3.8) is 0 Å². The molecule has 2 heterocycles.